The van der Waals surface area contributed by atoms with E-state index in [2.05, 4.69) is 34.7 Å². The Balaban J connectivity index is 1.21. The van der Waals surface area contributed by atoms with Gasteiger partial charge in [0, 0.05) is 13.1 Å². The lowest BCUT2D eigenvalue weighted by Crippen LogP contribution is -2.41. The monoisotopic (exact) mass is 389 g/mol. The van der Waals surface area contributed by atoms with Crippen LogP contribution in [0.1, 0.15) is 24.0 Å². The van der Waals surface area contributed by atoms with Gasteiger partial charge in [-0.15, -0.1) is 0 Å². The van der Waals surface area contributed by atoms with Gasteiger partial charge in [0.2, 0.25) is 0 Å². The minimum Gasteiger partial charge on any atom is -0.488 e. The molecule has 2 aromatic carbocycles. The van der Waals surface area contributed by atoms with Crippen LogP contribution in [-0.2, 0) is 13.0 Å². The molecular formula is C23H23N3O3. The molecule has 5 rings (SSSR count). The summed E-state index contributed by atoms with van der Waals surface area (Å²) in [6.07, 6.45) is 3.09. The van der Waals surface area contributed by atoms with Crippen LogP contribution < -0.4 is 10.1 Å². The van der Waals surface area contributed by atoms with Crippen LogP contribution in [-0.4, -0.2) is 29.2 Å². The van der Waals surface area contributed by atoms with Crippen molar-refractivity contribution in [3.63, 3.8) is 0 Å². The molecule has 1 aromatic heterocycles. The molecule has 0 aliphatic carbocycles. The first kappa shape index (κ1) is 17.8. The molecule has 0 saturated carbocycles. The summed E-state index contributed by atoms with van der Waals surface area (Å²) >= 11 is 0. The summed E-state index contributed by atoms with van der Waals surface area (Å²) in [6.45, 7) is 1.84. The number of urea groups is 1. The average molecular weight is 389 g/mol. The molecule has 0 unspecified atom stereocenters. The molecule has 148 valence electrons. The van der Waals surface area contributed by atoms with Crippen molar-refractivity contribution < 1.29 is 14.1 Å². The van der Waals surface area contributed by atoms with Crippen molar-refractivity contribution in [2.45, 2.75) is 25.9 Å². The van der Waals surface area contributed by atoms with Crippen molar-refractivity contribution in [1.29, 1.82) is 0 Å². The fourth-order valence-corrected chi connectivity index (χ4v) is 4.15. The van der Waals surface area contributed by atoms with Crippen molar-refractivity contribution in [2.24, 2.45) is 5.92 Å². The van der Waals surface area contributed by atoms with Crippen molar-refractivity contribution in [2.75, 3.05) is 18.4 Å². The number of amides is 2. The van der Waals surface area contributed by atoms with Crippen LogP contribution in [0.25, 0.3) is 11.3 Å². The Morgan fingerprint density at radius 1 is 1.07 bits per heavy atom. The van der Waals surface area contributed by atoms with Gasteiger partial charge in [0.05, 0.1) is 11.1 Å². The molecule has 29 heavy (non-hydrogen) atoms. The smallest absolute Gasteiger partial charge is 0.323 e. The van der Waals surface area contributed by atoms with Gasteiger partial charge in [-0.3, -0.25) is 5.32 Å². The fraction of sp³-hybridized carbons (Fsp3) is 0.304. The number of rotatable bonds is 3. The predicted octanol–water partition coefficient (Wildman–Crippen LogP) is 4.72. The van der Waals surface area contributed by atoms with Crippen molar-refractivity contribution in [1.82, 2.24) is 10.1 Å². The highest BCUT2D eigenvalue weighted by Crippen LogP contribution is 2.40. The van der Waals surface area contributed by atoms with E-state index < -0.39 is 0 Å². The molecular weight excluding hydrogens is 366 g/mol. The highest BCUT2D eigenvalue weighted by molar-refractivity contribution is 5.90. The molecule has 6 heteroatoms. The highest BCUT2D eigenvalue weighted by Gasteiger charge is 2.28. The number of para-hydroxylation sites is 1. The summed E-state index contributed by atoms with van der Waals surface area (Å²) in [6, 6.07) is 18.1. The average Bonchev–Trinajstić information content (AvgIpc) is 3.18. The Hall–Kier alpha value is -3.28. The first-order valence-electron chi connectivity index (χ1n) is 10.1. The van der Waals surface area contributed by atoms with Crippen LogP contribution in [0.5, 0.6) is 5.75 Å². The van der Waals surface area contributed by atoms with Gasteiger partial charge >= 0.3 is 6.03 Å². The van der Waals surface area contributed by atoms with Gasteiger partial charge in [0.1, 0.15) is 12.4 Å². The van der Waals surface area contributed by atoms with Gasteiger partial charge in [-0.05, 0) is 42.9 Å². The van der Waals surface area contributed by atoms with E-state index in [9.17, 15) is 4.79 Å². The summed E-state index contributed by atoms with van der Waals surface area (Å²) < 4.78 is 11.3. The minimum atomic E-state index is -0.127. The first-order chi connectivity index (χ1) is 14.3. The second kappa shape index (κ2) is 7.62. The van der Waals surface area contributed by atoms with Gasteiger partial charge in [0.15, 0.2) is 11.6 Å². The molecule has 0 radical (unpaired) electrons. The van der Waals surface area contributed by atoms with Crippen LogP contribution in [0.15, 0.2) is 59.1 Å². The zero-order valence-electron chi connectivity index (χ0n) is 16.1. The molecule has 3 heterocycles. The van der Waals surface area contributed by atoms with Crippen molar-refractivity contribution >= 4 is 11.8 Å². The standard InChI is InChI=1S/C23H23N3O3/c27-23(26-12-10-17(11-13-26)14-16-6-2-1-3-7-16)24-22-19-15-28-20-9-5-4-8-18(20)21(19)29-25-22/h1-9,17H,10-15H2,(H,24,25,27). The third-order valence-electron chi connectivity index (χ3n) is 5.79. The molecule has 1 N–H and O–H groups in total. The van der Waals surface area contributed by atoms with E-state index in [0.717, 1.165) is 49.2 Å². The molecule has 6 nitrogen and oxygen atoms in total. The Kier molecular flexibility index (Phi) is 4.68. The number of piperidine rings is 1. The van der Waals surface area contributed by atoms with Crippen LogP contribution in [0.3, 0.4) is 0 Å². The lowest BCUT2D eigenvalue weighted by Gasteiger charge is -2.32. The number of likely N-dealkylation sites (tertiary alicyclic amines) is 1. The van der Waals surface area contributed by atoms with Gasteiger partial charge in [-0.2, -0.15) is 0 Å². The maximum absolute atomic E-state index is 12.8. The Morgan fingerprint density at radius 2 is 1.83 bits per heavy atom. The molecule has 1 fully saturated rings. The van der Waals surface area contributed by atoms with E-state index in [1.54, 1.807) is 0 Å². The van der Waals surface area contributed by atoms with Crippen LogP contribution in [0.2, 0.25) is 0 Å². The molecule has 2 aliphatic heterocycles. The summed E-state index contributed by atoms with van der Waals surface area (Å²) in [5.41, 5.74) is 3.02. The SMILES string of the molecule is O=C(Nc1noc2c1COc1ccccc1-2)N1CCC(Cc2ccccc2)CC1. The number of aromatic nitrogens is 1. The third-order valence-corrected chi connectivity index (χ3v) is 5.79. The summed E-state index contributed by atoms with van der Waals surface area (Å²) in [4.78, 5) is 14.6. The predicted molar refractivity (Wildman–Crippen MR) is 110 cm³/mol. The molecule has 0 atom stereocenters. The second-order valence-electron chi connectivity index (χ2n) is 7.67. The molecule has 3 aromatic rings. The van der Waals surface area contributed by atoms with Crippen LogP contribution in [0.4, 0.5) is 10.6 Å². The number of hydrogen-bond acceptors (Lipinski definition) is 4. The number of carbonyl (C=O) groups excluding carboxylic acids is 1. The molecule has 2 aliphatic rings. The third kappa shape index (κ3) is 3.58. The Labute approximate surface area is 169 Å². The normalized spacial score (nSPS) is 15.9. The van der Waals surface area contributed by atoms with E-state index in [1.165, 1.54) is 5.56 Å². The highest BCUT2D eigenvalue weighted by atomic mass is 16.5. The van der Waals surface area contributed by atoms with E-state index in [0.29, 0.717) is 24.1 Å². The molecule has 0 spiro atoms. The molecule has 1 saturated heterocycles. The Morgan fingerprint density at radius 3 is 2.66 bits per heavy atom. The van der Waals surface area contributed by atoms with Crippen molar-refractivity contribution in [3.05, 3.63) is 65.7 Å². The summed E-state index contributed by atoms with van der Waals surface area (Å²) in [5.74, 6) is 2.51. The van der Waals surface area contributed by atoms with E-state index in [-0.39, 0.29) is 6.03 Å². The minimum absolute atomic E-state index is 0.127. The number of carbonyl (C=O) groups is 1. The fourth-order valence-electron chi connectivity index (χ4n) is 4.15. The largest absolute Gasteiger partial charge is 0.488 e. The number of nitrogens with zero attached hydrogens (tertiary/aromatic N) is 2. The lowest BCUT2D eigenvalue weighted by atomic mass is 9.90. The Bertz CT molecular complexity index is 1010. The van der Waals surface area contributed by atoms with E-state index in [1.807, 2.05) is 35.2 Å². The van der Waals surface area contributed by atoms with E-state index >= 15 is 0 Å². The van der Waals surface area contributed by atoms with Gasteiger partial charge < -0.3 is 14.2 Å². The quantitative estimate of drug-likeness (QED) is 0.704. The van der Waals surface area contributed by atoms with Crippen molar-refractivity contribution in [3.8, 4) is 17.1 Å². The maximum atomic E-state index is 12.8. The lowest BCUT2D eigenvalue weighted by molar-refractivity contribution is 0.182. The number of anilines is 1. The van der Waals surface area contributed by atoms with Crippen LogP contribution >= 0.6 is 0 Å². The number of hydrogen-bond donors (Lipinski definition) is 1. The van der Waals surface area contributed by atoms with E-state index in [4.69, 9.17) is 9.26 Å². The maximum Gasteiger partial charge on any atom is 0.323 e. The van der Waals surface area contributed by atoms with Crippen LogP contribution in [0, 0.1) is 5.92 Å². The summed E-state index contributed by atoms with van der Waals surface area (Å²) in [5, 5.41) is 7.01. The zero-order valence-corrected chi connectivity index (χ0v) is 16.1. The zero-order chi connectivity index (χ0) is 19.6. The first-order valence-corrected chi connectivity index (χ1v) is 10.1. The topological polar surface area (TPSA) is 67.6 Å². The summed E-state index contributed by atoms with van der Waals surface area (Å²) in [7, 11) is 0. The van der Waals surface area contributed by atoms with Gasteiger partial charge in [-0.25, -0.2) is 4.79 Å². The number of benzene rings is 2. The molecule has 0 bridgehead atoms. The molecule has 2 amide bonds. The van der Waals surface area contributed by atoms with Gasteiger partial charge in [0.25, 0.3) is 0 Å². The second-order valence-corrected chi connectivity index (χ2v) is 7.67. The number of fused-ring (bicyclic) bond motifs is 3. The van der Waals surface area contributed by atoms with Gasteiger partial charge in [-0.1, -0.05) is 47.6 Å². The number of nitrogens with one attached hydrogen (secondary N) is 1. The number of ether oxygens (including phenoxy) is 1.